The Bertz CT molecular complexity index is 1470. The predicted molar refractivity (Wildman–Crippen MR) is 112 cm³/mol. The molecule has 0 saturated heterocycles. The molecule has 1 aromatic carbocycles. The highest BCUT2D eigenvalue weighted by Gasteiger charge is 2.15. The van der Waals surface area contributed by atoms with Gasteiger partial charge in [0.25, 0.3) is 0 Å². The number of nitrogens with zero attached hydrogens (tertiary/aromatic N) is 10. The second-order valence-corrected chi connectivity index (χ2v) is 7.17. The van der Waals surface area contributed by atoms with E-state index in [4.69, 9.17) is 4.74 Å². The SMILES string of the molecule is CC(Cn1cnnn1)Oc1cnnc(-c2ccc3ncc(-c4cc(F)ccc4C#N)n3n2)c1. The molecular formula is C21H15FN10O. The van der Waals surface area contributed by atoms with Crippen LogP contribution in [0, 0.1) is 17.1 Å². The largest absolute Gasteiger partial charge is 0.487 e. The highest BCUT2D eigenvalue weighted by molar-refractivity contribution is 5.70. The van der Waals surface area contributed by atoms with Gasteiger partial charge in [0.15, 0.2) is 5.65 Å². The van der Waals surface area contributed by atoms with Gasteiger partial charge >= 0.3 is 0 Å². The van der Waals surface area contributed by atoms with Crippen molar-refractivity contribution in [2.45, 2.75) is 19.6 Å². The summed E-state index contributed by atoms with van der Waals surface area (Å²) in [5.41, 5.74) is 2.72. The first-order valence-electron chi connectivity index (χ1n) is 9.86. The van der Waals surface area contributed by atoms with Crippen LogP contribution in [0.4, 0.5) is 4.39 Å². The van der Waals surface area contributed by atoms with E-state index in [1.807, 2.05) is 6.92 Å². The summed E-state index contributed by atoms with van der Waals surface area (Å²) in [6.45, 7) is 2.34. The first kappa shape index (κ1) is 20.1. The molecule has 0 spiro atoms. The number of hydrogen-bond acceptors (Lipinski definition) is 9. The smallest absolute Gasteiger partial charge is 0.154 e. The van der Waals surface area contributed by atoms with Crippen LogP contribution in [-0.2, 0) is 6.54 Å². The third-order valence-electron chi connectivity index (χ3n) is 4.81. The molecule has 0 bridgehead atoms. The lowest BCUT2D eigenvalue weighted by atomic mass is 10.1. The highest BCUT2D eigenvalue weighted by atomic mass is 19.1. The van der Waals surface area contributed by atoms with Crippen molar-refractivity contribution in [1.29, 1.82) is 5.26 Å². The Morgan fingerprint density at radius 3 is 2.85 bits per heavy atom. The van der Waals surface area contributed by atoms with Crippen molar-refractivity contribution >= 4 is 5.65 Å². The lowest BCUT2D eigenvalue weighted by Gasteiger charge is -2.14. The van der Waals surface area contributed by atoms with Crippen molar-refractivity contribution in [3.63, 3.8) is 0 Å². The van der Waals surface area contributed by atoms with E-state index in [9.17, 15) is 9.65 Å². The van der Waals surface area contributed by atoms with E-state index in [-0.39, 0.29) is 6.10 Å². The fourth-order valence-electron chi connectivity index (χ4n) is 3.35. The lowest BCUT2D eigenvalue weighted by molar-refractivity contribution is 0.192. The normalized spacial score (nSPS) is 11.9. The molecule has 5 rings (SSSR count). The van der Waals surface area contributed by atoms with Crippen molar-refractivity contribution in [2.24, 2.45) is 0 Å². The van der Waals surface area contributed by atoms with Gasteiger partial charge in [-0.25, -0.2) is 18.6 Å². The van der Waals surface area contributed by atoms with Crippen LogP contribution in [0.25, 0.3) is 28.3 Å². The van der Waals surface area contributed by atoms with Crippen molar-refractivity contribution in [1.82, 2.24) is 45.0 Å². The molecule has 12 heteroatoms. The fourth-order valence-corrected chi connectivity index (χ4v) is 3.35. The predicted octanol–water partition coefficient (Wildman–Crippen LogP) is 2.32. The van der Waals surface area contributed by atoms with Crippen LogP contribution in [0.3, 0.4) is 0 Å². The molecule has 0 fully saturated rings. The van der Waals surface area contributed by atoms with Gasteiger partial charge in [0.05, 0.1) is 36.3 Å². The Kier molecular flexibility index (Phi) is 5.12. The monoisotopic (exact) mass is 442 g/mol. The minimum atomic E-state index is -0.457. The van der Waals surface area contributed by atoms with Crippen LogP contribution in [0.2, 0.25) is 0 Å². The average Bonchev–Trinajstić information content (AvgIpc) is 3.48. The number of halogens is 1. The number of ether oxygens (including phenoxy) is 1. The molecule has 0 radical (unpaired) electrons. The maximum Gasteiger partial charge on any atom is 0.154 e. The summed E-state index contributed by atoms with van der Waals surface area (Å²) in [4.78, 5) is 4.32. The van der Waals surface area contributed by atoms with Crippen molar-refractivity contribution < 1.29 is 9.13 Å². The average molecular weight is 442 g/mol. The van der Waals surface area contributed by atoms with Crippen LogP contribution >= 0.6 is 0 Å². The number of rotatable bonds is 6. The quantitative estimate of drug-likeness (QED) is 0.388. The molecule has 1 unspecified atom stereocenters. The van der Waals surface area contributed by atoms with E-state index < -0.39 is 5.82 Å². The molecule has 0 aliphatic rings. The van der Waals surface area contributed by atoms with Gasteiger partial charge < -0.3 is 4.74 Å². The molecule has 0 aliphatic carbocycles. The first-order chi connectivity index (χ1) is 16.1. The summed E-state index contributed by atoms with van der Waals surface area (Å²) >= 11 is 0. The van der Waals surface area contributed by atoms with E-state index >= 15 is 0 Å². The van der Waals surface area contributed by atoms with E-state index in [1.165, 1.54) is 30.7 Å². The van der Waals surface area contributed by atoms with Gasteiger partial charge in [0, 0.05) is 11.6 Å². The zero-order valence-electron chi connectivity index (χ0n) is 17.2. The summed E-state index contributed by atoms with van der Waals surface area (Å²) < 4.78 is 22.9. The summed E-state index contributed by atoms with van der Waals surface area (Å²) in [7, 11) is 0. The zero-order chi connectivity index (χ0) is 22.8. The molecule has 11 nitrogen and oxygen atoms in total. The maximum absolute atomic E-state index is 13.9. The molecule has 4 aromatic heterocycles. The second kappa shape index (κ2) is 8.39. The number of imidazole rings is 1. The van der Waals surface area contributed by atoms with Gasteiger partial charge in [-0.2, -0.15) is 15.5 Å². The first-order valence-corrected chi connectivity index (χ1v) is 9.86. The number of hydrogen-bond donors (Lipinski definition) is 0. The number of benzene rings is 1. The molecule has 0 N–H and O–H groups in total. The van der Waals surface area contributed by atoms with Crippen LogP contribution in [-0.4, -0.2) is 51.1 Å². The summed E-state index contributed by atoms with van der Waals surface area (Å²) in [5.74, 6) is 0.0480. The number of aromatic nitrogens is 9. The van der Waals surface area contributed by atoms with Gasteiger partial charge in [-0.15, -0.1) is 10.2 Å². The molecule has 4 heterocycles. The van der Waals surface area contributed by atoms with Gasteiger partial charge in [-0.3, -0.25) is 0 Å². The molecule has 0 amide bonds. The Morgan fingerprint density at radius 2 is 2.03 bits per heavy atom. The number of nitriles is 1. The molecule has 0 saturated carbocycles. The third kappa shape index (κ3) is 4.07. The van der Waals surface area contributed by atoms with Crippen LogP contribution in [0.1, 0.15) is 12.5 Å². The van der Waals surface area contributed by atoms with Gasteiger partial charge in [-0.1, -0.05) is 0 Å². The zero-order valence-corrected chi connectivity index (χ0v) is 17.2. The Labute approximate surface area is 186 Å². The van der Waals surface area contributed by atoms with E-state index in [0.29, 0.717) is 46.2 Å². The van der Waals surface area contributed by atoms with Gasteiger partial charge in [0.1, 0.15) is 35.4 Å². The van der Waals surface area contributed by atoms with Crippen LogP contribution in [0.15, 0.2) is 55.1 Å². The van der Waals surface area contributed by atoms with E-state index in [0.717, 1.165) is 0 Å². The van der Waals surface area contributed by atoms with E-state index in [1.54, 1.807) is 33.6 Å². The van der Waals surface area contributed by atoms with Crippen LogP contribution in [0.5, 0.6) is 5.75 Å². The van der Waals surface area contributed by atoms with Gasteiger partial charge in [0.2, 0.25) is 0 Å². The molecule has 5 aromatic rings. The van der Waals surface area contributed by atoms with Gasteiger partial charge in [-0.05, 0) is 47.7 Å². The second-order valence-electron chi connectivity index (χ2n) is 7.17. The molecule has 1 atom stereocenters. The number of tetrazole rings is 1. The standard InChI is InChI=1S/C21H15FN10O/c1-13(11-31-12-26-29-30-31)33-16-7-19(27-25-9-16)18-4-5-21-24-10-20(32(21)28-18)17-6-15(22)3-2-14(17)8-23/h2-7,9-10,12-13H,11H2,1H3. The maximum atomic E-state index is 13.9. The Hall–Kier alpha value is -4.79. The molecule has 33 heavy (non-hydrogen) atoms. The summed E-state index contributed by atoms with van der Waals surface area (Å²) in [6.07, 6.45) is 4.34. The fraction of sp³-hybridized carbons (Fsp3) is 0.143. The Balaban J connectivity index is 1.48. The van der Waals surface area contributed by atoms with Crippen LogP contribution < -0.4 is 4.74 Å². The topological polar surface area (TPSA) is 133 Å². The lowest BCUT2D eigenvalue weighted by Crippen LogP contribution is -2.20. The minimum Gasteiger partial charge on any atom is -0.487 e. The summed E-state index contributed by atoms with van der Waals surface area (Å²) in [6, 6.07) is 11.3. The minimum absolute atomic E-state index is 0.223. The molecule has 162 valence electrons. The molecule has 0 aliphatic heterocycles. The third-order valence-corrected chi connectivity index (χ3v) is 4.81. The molecular weight excluding hydrogens is 427 g/mol. The number of fused-ring (bicyclic) bond motifs is 1. The summed E-state index contributed by atoms with van der Waals surface area (Å²) in [5, 5.41) is 33.2. The van der Waals surface area contributed by atoms with E-state index in [2.05, 4.69) is 41.9 Å². The van der Waals surface area contributed by atoms with Crippen molar-refractivity contribution in [3.8, 4) is 34.5 Å². The van der Waals surface area contributed by atoms with Crippen molar-refractivity contribution in [2.75, 3.05) is 0 Å². The Morgan fingerprint density at radius 1 is 1.12 bits per heavy atom. The van der Waals surface area contributed by atoms with Crippen molar-refractivity contribution in [3.05, 3.63) is 66.5 Å². The highest BCUT2D eigenvalue weighted by Crippen LogP contribution is 2.26.